The lowest BCUT2D eigenvalue weighted by atomic mass is 9.83. The fourth-order valence-corrected chi connectivity index (χ4v) is 7.87. The van der Waals surface area contributed by atoms with Crippen LogP contribution < -0.4 is 9.62 Å². The van der Waals surface area contributed by atoms with E-state index in [4.69, 9.17) is 0 Å². The van der Waals surface area contributed by atoms with E-state index in [0.717, 1.165) is 16.8 Å². The fourth-order valence-electron chi connectivity index (χ4n) is 3.40. The molecule has 0 aromatic heterocycles. The van der Waals surface area contributed by atoms with Gasteiger partial charge in [0, 0.05) is 46.2 Å². The molecule has 1 N–H and O–H groups in total. The molecule has 2 heterocycles. The van der Waals surface area contributed by atoms with E-state index in [-0.39, 0.29) is 15.5 Å². The molecule has 2 aromatic carbocycles. The van der Waals surface area contributed by atoms with Gasteiger partial charge in [-0.15, -0.1) is 0 Å². The molecule has 0 saturated heterocycles. The van der Waals surface area contributed by atoms with Crippen LogP contribution in [0.2, 0.25) is 0 Å². The summed E-state index contributed by atoms with van der Waals surface area (Å²) in [6, 6.07) is 10.3. The monoisotopic (exact) mass is 312 g/mol. The van der Waals surface area contributed by atoms with Gasteiger partial charge in [0.1, 0.15) is 0 Å². The Hall–Kier alpha value is -1.72. The van der Waals surface area contributed by atoms with Crippen molar-refractivity contribution in [2.45, 2.75) is 4.90 Å². The maximum absolute atomic E-state index is 13.0. The number of nitrogens with zero attached hydrogens (tertiary/aromatic N) is 1. The van der Waals surface area contributed by atoms with Crippen LogP contribution in [0.4, 0.5) is 11.4 Å². The molecule has 3 aliphatic rings. The molecule has 1 atom stereocenters. The molecular formula is C16H12N2OS2. The SMILES string of the molecule is CNc1ccc2c3c1C(=O)c1cccc4c1C3=S(S2)N4C. The van der Waals surface area contributed by atoms with Gasteiger partial charge >= 0.3 is 0 Å². The van der Waals surface area contributed by atoms with E-state index in [2.05, 4.69) is 28.8 Å². The number of anilines is 2. The van der Waals surface area contributed by atoms with Crippen molar-refractivity contribution in [3.63, 3.8) is 0 Å². The number of carbonyl (C=O) groups excluding carboxylic acids is 1. The molecule has 1 aliphatic carbocycles. The lowest BCUT2D eigenvalue weighted by Crippen LogP contribution is -2.21. The average molecular weight is 312 g/mol. The molecule has 3 nitrogen and oxygen atoms in total. The van der Waals surface area contributed by atoms with Gasteiger partial charge in [-0.3, -0.25) is 4.79 Å². The molecule has 0 amide bonds. The van der Waals surface area contributed by atoms with Gasteiger partial charge in [-0.1, -0.05) is 12.1 Å². The topological polar surface area (TPSA) is 32.3 Å². The maximum Gasteiger partial charge on any atom is 0.196 e. The van der Waals surface area contributed by atoms with Gasteiger partial charge in [0.2, 0.25) is 0 Å². The van der Waals surface area contributed by atoms with Crippen LogP contribution in [0, 0.1) is 0 Å². The number of nitrogens with one attached hydrogen (secondary N) is 1. The third-order valence-electron chi connectivity index (χ3n) is 4.34. The standard InChI is InChI=1S/C16H12N2OS2/c1-17-9-6-7-11-14-13(9)15(19)8-4-3-5-10-12(8)16(14)21(20-11)18(10)2/h3-7,17H,1-2H3. The van der Waals surface area contributed by atoms with E-state index in [1.807, 2.05) is 36.0 Å². The predicted molar refractivity (Wildman–Crippen MR) is 90.9 cm³/mol. The van der Waals surface area contributed by atoms with Crippen molar-refractivity contribution in [2.24, 2.45) is 0 Å². The Morgan fingerprint density at radius 2 is 2.00 bits per heavy atom. The third kappa shape index (κ3) is 1.21. The minimum absolute atomic E-state index is 0.0136. The van der Waals surface area contributed by atoms with Crippen molar-refractivity contribution in [1.82, 2.24) is 0 Å². The first-order valence-electron chi connectivity index (χ1n) is 6.79. The van der Waals surface area contributed by atoms with Gasteiger partial charge in [0.25, 0.3) is 0 Å². The molecule has 1 unspecified atom stereocenters. The molecule has 5 heteroatoms. The molecule has 5 rings (SSSR count). The molecule has 0 saturated carbocycles. The smallest absolute Gasteiger partial charge is 0.196 e. The minimum atomic E-state index is -0.0136. The second-order valence-electron chi connectivity index (χ2n) is 5.30. The highest BCUT2D eigenvalue weighted by molar-refractivity contribution is 8.85. The summed E-state index contributed by atoms with van der Waals surface area (Å²) in [5, 5.41) is 3.18. The average Bonchev–Trinajstić information content (AvgIpc) is 3.02. The first-order valence-corrected chi connectivity index (χ1v) is 9.30. The maximum atomic E-state index is 13.0. The van der Waals surface area contributed by atoms with Crippen molar-refractivity contribution in [1.29, 1.82) is 0 Å². The molecule has 2 aliphatic heterocycles. The van der Waals surface area contributed by atoms with E-state index in [0.29, 0.717) is 0 Å². The summed E-state index contributed by atoms with van der Waals surface area (Å²) in [7, 11) is 5.87. The van der Waals surface area contributed by atoms with Crippen LogP contribution in [0.5, 0.6) is 0 Å². The van der Waals surface area contributed by atoms with E-state index in [1.165, 1.54) is 26.6 Å². The summed E-state index contributed by atoms with van der Waals surface area (Å²) in [6.07, 6.45) is 0. The lowest BCUT2D eigenvalue weighted by Gasteiger charge is -2.23. The second-order valence-corrected chi connectivity index (χ2v) is 8.81. The van der Waals surface area contributed by atoms with Crippen molar-refractivity contribution in [3.8, 4) is 0 Å². The highest BCUT2D eigenvalue weighted by Crippen LogP contribution is 2.61. The number of hydrogen-bond acceptors (Lipinski definition) is 4. The number of carbonyl (C=O) groups is 1. The Kier molecular flexibility index (Phi) is 2.11. The summed E-state index contributed by atoms with van der Waals surface area (Å²) >= 11 is 0. The summed E-state index contributed by atoms with van der Waals surface area (Å²) < 4.78 is 2.32. The van der Waals surface area contributed by atoms with Gasteiger partial charge in [0.05, 0.1) is 11.3 Å². The lowest BCUT2D eigenvalue weighted by molar-refractivity contribution is 0.103. The summed E-state index contributed by atoms with van der Waals surface area (Å²) in [6.45, 7) is 0. The molecule has 21 heavy (non-hydrogen) atoms. The van der Waals surface area contributed by atoms with E-state index < -0.39 is 0 Å². The minimum Gasteiger partial charge on any atom is -0.388 e. The van der Waals surface area contributed by atoms with Crippen molar-refractivity contribution in [3.05, 3.63) is 52.6 Å². The van der Waals surface area contributed by atoms with Crippen molar-refractivity contribution < 1.29 is 4.79 Å². The Bertz CT molecular complexity index is 901. The van der Waals surface area contributed by atoms with E-state index in [9.17, 15) is 4.79 Å². The van der Waals surface area contributed by atoms with Crippen LogP contribution in [0.1, 0.15) is 27.0 Å². The third-order valence-corrected chi connectivity index (χ3v) is 8.65. The molecule has 2 aromatic rings. The summed E-state index contributed by atoms with van der Waals surface area (Å²) in [5.41, 5.74) is 6.17. The van der Waals surface area contributed by atoms with E-state index >= 15 is 0 Å². The number of benzene rings is 2. The fraction of sp³-hybridized carbons (Fsp3) is 0.125. The molecule has 0 bridgehead atoms. The zero-order valence-electron chi connectivity index (χ0n) is 11.6. The Morgan fingerprint density at radius 3 is 2.81 bits per heavy atom. The zero-order chi connectivity index (χ0) is 14.3. The number of hydrogen-bond donors (Lipinski definition) is 1. The highest BCUT2D eigenvalue weighted by Gasteiger charge is 2.43. The Balaban J connectivity index is 1.98. The Morgan fingerprint density at radius 1 is 1.14 bits per heavy atom. The van der Waals surface area contributed by atoms with Crippen molar-refractivity contribution >= 4 is 42.5 Å². The van der Waals surface area contributed by atoms with Crippen LogP contribution in [-0.4, -0.2) is 24.7 Å². The van der Waals surface area contributed by atoms with Gasteiger partial charge in [-0.05, 0) is 38.7 Å². The van der Waals surface area contributed by atoms with Gasteiger partial charge in [-0.25, -0.2) is 0 Å². The van der Waals surface area contributed by atoms with Gasteiger partial charge < -0.3 is 9.62 Å². The number of ketones is 1. The molecule has 0 spiro atoms. The molecular weight excluding hydrogens is 300 g/mol. The largest absolute Gasteiger partial charge is 0.388 e. The van der Waals surface area contributed by atoms with Crippen molar-refractivity contribution in [2.75, 3.05) is 23.7 Å². The summed E-state index contributed by atoms with van der Waals surface area (Å²) in [5.74, 6) is 0.151. The van der Waals surface area contributed by atoms with Crippen LogP contribution in [-0.2, 0) is 0 Å². The second kappa shape index (κ2) is 3.72. The summed E-state index contributed by atoms with van der Waals surface area (Å²) in [4.78, 5) is 15.6. The van der Waals surface area contributed by atoms with Crippen LogP contribution >= 0.6 is 20.5 Å². The molecule has 0 radical (unpaired) electrons. The first kappa shape index (κ1) is 11.9. The highest BCUT2D eigenvalue weighted by atomic mass is 33.1. The van der Waals surface area contributed by atoms with Crippen LogP contribution in [0.3, 0.4) is 0 Å². The molecule has 104 valence electrons. The normalized spacial score (nSPS) is 20.1. The number of rotatable bonds is 1. The van der Waals surface area contributed by atoms with Gasteiger partial charge in [-0.2, -0.15) is 0 Å². The van der Waals surface area contributed by atoms with Gasteiger partial charge in [0.15, 0.2) is 5.78 Å². The Labute approximate surface area is 128 Å². The molecule has 0 fully saturated rings. The predicted octanol–water partition coefficient (Wildman–Crippen LogP) is 3.50. The van der Waals surface area contributed by atoms with Crippen LogP contribution in [0.25, 0.3) is 0 Å². The van der Waals surface area contributed by atoms with Crippen LogP contribution in [0.15, 0.2) is 35.2 Å². The zero-order valence-corrected chi connectivity index (χ0v) is 13.2. The van der Waals surface area contributed by atoms with E-state index in [1.54, 1.807) is 0 Å². The quantitative estimate of drug-likeness (QED) is 0.551. The first-order chi connectivity index (χ1) is 10.2.